The third kappa shape index (κ3) is 2.92. The summed E-state index contributed by atoms with van der Waals surface area (Å²) in [6, 6.07) is 3.49. The van der Waals surface area contributed by atoms with Gasteiger partial charge in [-0.1, -0.05) is 5.16 Å². The molecule has 0 fully saturated rings. The number of hydrogen-bond donors (Lipinski definition) is 1. The Kier molecular flexibility index (Phi) is 3.92. The van der Waals surface area contributed by atoms with Gasteiger partial charge in [0.25, 0.3) is 5.91 Å². The van der Waals surface area contributed by atoms with Gasteiger partial charge in [-0.3, -0.25) is 9.48 Å². The Bertz CT molecular complexity index is 952. The normalized spacial score (nSPS) is 17.2. The van der Waals surface area contributed by atoms with Gasteiger partial charge in [-0.15, -0.1) is 0 Å². The van der Waals surface area contributed by atoms with Crippen molar-refractivity contribution in [3.63, 3.8) is 0 Å². The zero-order valence-corrected chi connectivity index (χ0v) is 13.7. The largest absolute Gasteiger partial charge is 0.364 e. The van der Waals surface area contributed by atoms with Gasteiger partial charge in [0.15, 0.2) is 0 Å². The summed E-state index contributed by atoms with van der Waals surface area (Å²) < 4.78 is 20.1. The molecular formula is C16H14FN7O2. The summed E-state index contributed by atoms with van der Waals surface area (Å²) in [4.78, 5) is 21.2. The van der Waals surface area contributed by atoms with Crippen molar-refractivity contribution in [3.8, 4) is 11.4 Å². The van der Waals surface area contributed by atoms with Gasteiger partial charge in [0.1, 0.15) is 30.1 Å². The highest BCUT2D eigenvalue weighted by Gasteiger charge is 2.29. The van der Waals surface area contributed by atoms with Gasteiger partial charge < -0.3 is 14.7 Å². The third-order valence-corrected chi connectivity index (χ3v) is 3.93. The molecule has 0 aliphatic carbocycles. The Hall–Kier alpha value is -3.56. The van der Waals surface area contributed by atoms with Crippen molar-refractivity contribution in [3.05, 3.63) is 60.4 Å². The first-order valence-electron chi connectivity index (χ1n) is 7.74. The Labute approximate surface area is 147 Å². The number of rotatable bonds is 4. The van der Waals surface area contributed by atoms with Crippen LogP contribution in [0.2, 0.25) is 0 Å². The van der Waals surface area contributed by atoms with Gasteiger partial charge >= 0.3 is 0 Å². The summed E-state index contributed by atoms with van der Waals surface area (Å²) in [5.74, 6) is -1.62. The van der Waals surface area contributed by atoms with Gasteiger partial charge in [0, 0.05) is 37.3 Å². The van der Waals surface area contributed by atoms with Gasteiger partial charge in [0.2, 0.25) is 5.83 Å². The first-order valence-corrected chi connectivity index (χ1v) is 7.74. The molecule has 0 saturated carbocycles. The number of halogens is 1. The van der Waals surface area contributed by atoms with Crippen molar-refractivity contribution < 1.29 is 13.7 Å². The molecule has 0 aromatic carbocycles. The Morgan fingerprint density at radius 1 is 1.35 bits per heavy atom. The number of hydrogen-bond acceptors (Lipinski definition) is 7. The lowest BCUT2D eigenvalue weighted by atomic mass is 10.2. The maximum Gasteiger partial charge on any atom is 0.283 e. The molecule has 10 heteroatoms. The molecule has 132 valence electrons. The van der Waals surface area contributed by atoms with E-state index >= 15 is 0 Å². The van der Waals surface area contributed by atoms with Crippen molar-refractivity contribution in [1.82, 2.24) is 35.1 Å². The second-order valence-corrected chi connectivity index (χ2v) is 5.76. The monoisotopic (exact) mass is 355 g/mol. The van der Waals surface area contributed by atoms with E-state index in [1.165, 1.54) is 12.6 Å². The molecule has 1 aliphatic heterocycles. The molecule has 1 unspecified atom stereocenters. The van der Waals surface area contributed by atoms with Crippen molar-refractivity contribution in [1.29, 1.82) is 0 Å². The average molecular weight is 355 g/mol. The molecule has 1 amide bonds. The first-order chi connectivity index (χ1) is 12.6. The van der Waals surface area contributed by atoms with Crippen LogP contribution in [0, 0.1) is 0 Å². The lowest BCUT2D eigenvalue weighted by Crippen LogP contribution is -2.41. The Balaban J connectivity index is 1.73. The quantitative estimate of drug-likeness (QED) is 0.751. The fourth-order valence-electron chi connectivity index (χ4n) is 2.72. The van der Waals surface area contributed by atoms with E-state index in [2.05, 4.69) is 25.5 Å². The van der Waals surface area contributed by atoms with Crippen molar-refractivity contribution in [2.45, 2.75) is 12.7 Å². The van der Waals surface area contributed by atoms with Gasteiger partial charge in [-0.25, -0.2) is 9.97 Å². The Morgan fingerprint density at radius 2 is 2.15 bits per heavy atom. The van der Waals surface area contributed by atoms with E-state index < -0.39 is 17.9 Å². The molecule has 9 nitrogen and oxygen atoms in total. The second-order valence-electron chi connectivity index (χ2n) is 5.76. The van der Waals surface area contributed by atoms with Crippen LogP contribution in [-0.4, -0.2) is 42.8 Å². The zero-order chi connectivity index (χ0) is 18.1. The third-order valence-electron chi connectivity index (χ3n) is 3.93. The van der Waals surface area contributed by atoms with E-state index in [0.717, 1.165) is 11.8 Å². The fourth-order valence-corrected chi connectivity index (χ4v) is 2.72. The predicted molar refractivity (Wildman–Crippen MR) is 86.7 cm³/mol. The fraction of sp³-hybridized carbons (Fsp3) is 0.188. The number of nitrogens with one attached hydrogen (secondary N) is 1. The van der Waals surface area contributed by atoms with E-state index in [9.17, 15) is 9.18 Å². The maximum absolute atomic E-state index is 13.5. The number of carbonyl (C=O) groups excluding carboxylic acids is 1. The molecule has 3 aromatic rings. The average Bonchev–Trinajstić information content (AvgIpc) is 3.29. The lowest BCUT2D eigenvalue weighted by Gasteiger charge is -2.29. The second kappa shape index (κ2) is 6.39. The van der Waals surface area contributed by atoms with Crippen LogP contribution in [0.25, 0.3) is 11.4 Å². The topological polar surface area (TPSA) is 102 Å². The smallest absolute Gasteiger partial charge is 0.283 e. The van der Waals surface area contributed by atoms with Crippen LogP contribution in [0.4, 0.5) is 4.39 Å². The molecule has 26 heavy (non-hydrogen) atoms. The standard InChI is InChI=1S/C16H14FN7O2/c1-23-8-11(17)16(25)20-15(23)13-4-14(12-2-3-26-22-12)24(21-13)7-10-5-18-9-19-6-10/h2-6,8-9,15H,7H2,1H3,(H,20,25). The number of nitrogens with zero attached hydrogens (tertiary/aromatic N) is 6. The molecule has 1 N–H and O–H groups in total. The number of aromatic nitrogens is 5. The molecule has 1 aliphatic rings. The van der Waals surface area contributed by atoms with E-state index in [0.29, 0.717) is 23.6 Å². The van der Waals surface area contributed by atoms with Crippen molar-refractivity contribution >= 4 is 5.91 Å². The van der Waals surface area contributed by atoms with Crippen LogP contribution in [0.15, 0.2) is 53.7 Å². The van der Waals surface area contributed by atoms with Gasteiger partial charge in [-0.05, 0) is 6.07 Å². The highest BCUT2D eigenvalue weighted by molar-refractivity contribution is 5.92. The van der Waals surface area contributed by atoms with Crippen LogP contribution in [0.5, 0.6) is 0 Å². The van der Waals surface area contributed by atoms with Crippen LogP contribution in [-0.2, 0) is 11.3 Å². The van der Waals surface area contributed by atoms with E-state index in [-0.39, 0.29) is 0 Å². The number of carbonyl (C=O) groups is 1. The predicted octanol–water partition coefficient (Wildman–Crippen LogP) is 1.25. The molecule has 0 spiro atoms. The zero-order valence-electron chi connectivity index (χ0n) is 13.7. The SMILES string of the molecule is CN1C=C(F)C(=O)NC1c1cc(-c2ccon2)n(Cc2cncnc2)n1. The first kappa shape index (κ1) is 15.9. The maximum atomic E-state index is 13.5. The molecule has 1 atom stereocenters. The summed E-state index contributed by atoms with van der Waals surface area (Å²) >= 11 is 0. The molecule has 4 rings (SSSR count). The van der Waals surface area contributed by atoms with Crippen molar-refractivity contribution in [2.75, 3.05) is 7.05 Å². The number of amides is 1. The highest BCUT2D eigenvalue weighted by atomic mass is 19.1. The molecule has 0 bridgehead atoms. The summed E-state index contributed by atoms with van der Waals surface area (Å²) in [5.41, 5.74) is 2.67. The van der Waals surface area contributed by atoms with Crippen LogP contribution < -0.4 is 5.32 Å². The van der Waals surface area contributed by atoms with E-state index in [1.807, 2.05) is 0 Å². The highest BCUT2D eigenvalue weighted by Crippen LogP contribution is 2.26. The van der Waals surface area contributed by atoms with Crippen LogP contribution in [0.1, 0.15) is 17.4 Å². The van der Waals surface area contributed by atoms with Gasteiger partial charge in [0.05, 0.1) is 12.2 Å². The summed E-state index contributed by atoms with van der Waals surface area (Å²) in [7, 11) is 1.66. The molecule has 0 saturated heterocycles. The summed E-state index contributed by atoms with van der Waals surface area (Å²) in [6.07, 6.45) is 6.83. The molecule has 0 radical (unpaired) electrons. The van der Waals surface area contributed by atoms with E-state index in [1.54, 1.807) is 41.2 Å². The Morgan fingerprint density at radius 3 is 2.88 bits per heavy atom. The minimum atomic E-state index is -0.846. The molecular weight excluding hydrogens is 341 g/mol. The minimum Gasteiger partial charge on any atom is -0.364 e. The summed E-state index contributed by atoms with van der Waals surface area (Å²) in [6.45, 7) is 0.400. The molecule has 4 heterocycles. The van der Waals surface area contributed by atoms with Crippen LogP contribution in [0.3, 0.4) is 0 Å². The van der Waals surface area contributed by atoms with Gasteiger partial charge in [-0.2, -0.15) is 9.49 Å². The lowest BCUT2D eigenvalue weighted by molar-refractivity contribution is -0.121. The van der Waals surface area contributed by atoms with E-state index in [4.69, 9.17) is 4.52 Å². The van der Waals surface area contributed by atoms with Crippen LogP contribution >= 0.6 is 0 Å². The molecule has 3 aromatic heterocycles. The van der Waals surface area contributed by atoms with Crippen molar-refractivity contribution in [2.24, 2.45) is 0 Å². The minimum absolute atomic E-state index is 0.400. The summed E-state index contributed by atoms with van der Waals surface area (Å²) in [5, 5.41) is 11.1.